The van der Waals surface area contributed by atoms with Crippen molar-refractivity contribution in [2.75, 3.05) is 6.61 Å². The molecule has 0 amide bonds. The molecule has 6 heteroatoms. The lowest BCUT2D eigenvalue weighted by Crippen LogP contribution is -2.10. The summed E-state index contributed by atoms with van der Waals surface area (Å²) in [4.78, 5) is 0. The third-order valence-electron chi connectivity index (χ3n) is 2.44. The van der Waals surface area contributed by atoms with E-state index in [1.165, 1.54) is 6.07 Å². The molecule has 0 atom stereocenters. The Balaban J connectivity index is 2.74. The van der Waals surface area contributed by atoms with Gasteiger partial charge in [-0.2, -0.15) is 18.4 Å². The van der Waals surface area contributed by atoms with Gasteiger partial charge in [0.05, 0.1) is 18.2 Å². The number of hydrogen-bond donors (Lipinski definition) is 0. The van der Waals surface area contributed by atoms with E-state index in [-0.39, 0.29) is 12.4 Å². The van der Waals surface area contributed by atoms with Crippen LogP contribution in [0, 0.1) is 11.3 Å². The van der Waals surface area contributed by atoms with Crippen molar-refractivity contribution >= 4 is 15.9 Å². The molecule has 0 radical (unpaired) electrons. The molecular formula is C13H13BrF3NO. The third kappa shape index (κ3) is 5.11. The van der Waals surface area contributed by atoms with Gasteiger partial charge in [0.25, 0.3) is 0 Å². The summed E-state index contributed by atoms with van der Waals surface area (Å²) < 4.78 is 43.7. The molecule has 104 valence electrons. The van der Waals surface area contributed by atoms with Crippen molar-refractivity contribution in [3.8, 4) is 11.8 Å². The van der Waals surface area contributed by atoms with E-state index in [0.717, 1.165) is 6.07 Å². The van der Waals surface area contributed by atoms with E-state index in [9.17, 15) is 13.2 Å². The van der Waals surface area contributed by atoms with Crippen LogP contribution in [0.2, 0.25) is 0 Å². The van der Waals surface area contributed by atoms with Crippen molar-refractivity contribution in [2.45, 2.75) is 30.8 Å². The lowest BCUT2D eigenvalue weighted by Gasteiger charge is -2.14. The average Bonchev–Trinajstić information content (AvgIpc) is 2.37. The Morgan fingerprint density at radius 1 is 1.26 bits per heavy atom. The first-order chi connectivity index (χ1) is 8.99. The predicted octanol–water partition coefficient (Wildman–Crippen LogP) is 4.67. The highest BCUT2D eigenvalue weighted by Crippen LogP contribution is 2.37. The molecule has 0 aliphatic rings. The first-order valence-electron chi connectivity index (χ1n) is 5.75. The molecule has 0 unspecified atom stereocenters. The van der Waals surface area contributed by atoms with Crippen LogP contribution in [0.1, 0.15) is 30.4 Å². The van der Waals surface area contributed by atoms with Crippen LogP contribution >= 0.6 is 15.9 Å². The maximum absolute atomic E-state index is 12.9. The number of halogens is 4. The minimum Gasteiger partial charge on any atom is -0.493 e. The standard InChI is InChI=1S/C13H13BrF3NO/c14-9-10-4-5-12(11(8-10)13(15,16)17)19-7-3-1-2-6-18/h4-5,8H,1-3,7,9H2. The molecule has 0 saturated heterocycles. The summed E-state index contributed by atoms with van der Waals surface area (Å²) >= 11 is 3.13. The molecular weight excluding hydrogens is 323 g/mol. The summed E-state index contributed by atoms with van der Waals surface area (Å²) in [6.45, 7) is 0.179. The van der Waals surface area contributed by atoms with Crippen LogP contribution in [0.15, 0.2) is 18.2 Å². The number of benzene rings is 1. The second kappa shape index (κ2) is 7.39. The summed E-state index contributed by atoms with van der Waals surface area (Å²) in [5.41, 5.74) is -0.214. The van der Waals surface area contributed by atoms with Crippen molar-refractivity contribution in [3.05, 3.63) is 29.3 Å². The van der Waals surface area contributed by atoms with Crippen molar-refractivity contribution in [1.29, 1.82) is 5.26 Å². The summed E-state index contributed by atoms with van der Waals surface area (Å²) in [7, 11) is 0. The molecule has 1 aromatic carbocycles. The topological polar surface area (TPSA) is 33.0 Å². The smallest absolute Gasteiger partial charge is 0.419 e. The quantitative estimate of drug-likeness (QED) is 0.558. The summed E-state index contributed by atoms with van der Waals surface area (Å²) in [6.07, 6.45) is -2.86. The fraction of sp³-hybridized carbons (Fsp3) is 0.462. The van der Waals surface area contributed by atoms with Gasteiger partial charge in [0, 0.05) is 11.8 Å². The van der Waals surface area contributed by atoms with Crippen LogP contribution in [0.3, 0.4) is 0 Å². The molecule has 0 fully saturated rings. The van der Waals surface area contributed by atoms with Gasteiger partial charge < -0.3 is 4.74 Å². The maximum atomic E-state index is 12.9. The molecule has 1 aromatic rings. The summed E-state index contributed by atoms with van der Waals surface area (Å²) in [5, 5.41) is 8.71. The Morgan fingerprint density at radius 3 is 2.58 bits per heavy atom. The first-order valence-corrected chi connectivity index (χ1v) is 6.87. The van der Waals surface area contributed by atoms with Crippen molar-refractivity contribution in [3.63, 3.8) is 0 Å². The molecule has 0 bridgehead atoms. The van der Waals surface area contributed by atoms with E-state index in [0.29, 0.717) is 30.2 Å². The lowest BCUT2D eigenvalue weighted by atomic mass is 10.1. The molecule has 0 heterocycles. The highest BCUT2D eigenvalue weighted by Gasteiger charge is 2.34. The highest BCUT2D eigenvalue weighted by atomic mass is 79.9. The van der Waals surface area contributed by atoms with Gasteiger partial charge in [0.1, 0.15) is 5.75 Å². The zero-order valence-electron chi connectivity index (χ0n) is 10.1. The number of ether oxygens (including phenoxy) is 1. The first kappa shape index (κ1) is 15.8. The van der Waals surface area contributed by atoms with Crippen LogP contribution < -0.4 is 4.74 Å². The number of nitriles is 1. The molecule has 0 saturated carbocycles. The Hall–Kier alpha value is -1.22. The van der Waals surface area contributed by atoms with Crippen LogP contribution in [0.4, 0.5) is 13.2 Å². The van der Waals surface area contributed by atoms with E-state index in [1.54, 1.807) is 6.07 Å². The largest absolute Gasteiger partial charge is 0.493 e. The van der Waals surface area contributed by atoms with Crippen molar-refractivity contribution in [2.24, 2.45) is 0 Å². The van der Waals surface area contributed by atoms with Gasteiger partial charge >= 0.3 is 6.18 Å². The van der Waals surface area contributed by atoms with E-state index in [1.807, 2.05) is 6.07 Å². The van der Waals surface area contributed by atoms with Crippen LogP contribution in [0.25, 0.3) is 0 Å². The van der Waals surface area contributed by atoms with Gasteiger partial charge in [-0.3, -0.25) is 0 Å². The molecule has 19 heavy (non-hydrogen) atoms. The fourth-order valence-corrected chi connectivity index (χ4v) is 1.84. The monoisotopic (exact) mass is 335 g/mol. The van der Waals surface area contributed by atoms with Crippen LogP contribution in [0.5, 0.6) is 5.75 Å². The number of rotatable bonds is 6. The average molecular weight is 336 g/mol. The second-order valence-corrected chi connectivity index (χ2v) is 4.49. The van der Waals surface area contributed by atoms with Gasteiger partial charge in [-0.25, -0.2) is 0 Å². The Morgan fingerprint density at radius 2 is 2.00 bits per heavy atom. The number of alkyl halides is 4. The van der Waals surface area contributed by atoms with Gasteiger partial charge in [-0.1, -0.05) is 22.0 Å². The number of hydrogen-bond acceptors (Lipinski definition) is 2. The van der Waals surface area contributed by atoms with E-state index in [4.69, 9.17) is 10.00 Å². The molecule has 0 N–H and O–H groups in total. The summed E-state index contributed by atoms with van der Waals surface area (Å²) in [6, 6.07) is 5.99. The lowest BCUT2D eigenvalue weighted by molar-refractivity contribution is -0.139. The molecule has 0 aliphatic carbocycles. The minimum atomic E-state index is -4.43. The number of nitrogens with zero attached hydrogens (tertiary/aromatic N) is 1. The molecule has 1 rings (SSSR count). The van der Waals surface area contributed by atoms with Crippen molar-refractivity contribution < 1.29 is 17.9 Å². The third-order valence-corrected chi connectivity index (χ3v) is 3.09. The zero-order valence-corrected chi connectivity index (χ0v) is 11.7. The van der Waals surface area contributed by atoms with Crippen LogP contribution in [-0.2, 0) is 11.5 Å². The Labute approximate surface area is 118 Å². The van der Waals surface area contributed by atoms with Gasteiger partial charge in [0.15, 0.2) is 0 Å². The molecule has 2 nitrogen and oxygen atoms in total. The highest BCUT2D eigenvalue weighted by molar-refractivity contribution is 9.08. The molecule has 0 spiro atoms. The SMILES string of the molecule is N#CCCCCOc1ccc(CBr)cc1C(F)(F)F. The van der Waals surface area contributed by atoms with Gasteiger partial charge in [0.2, 0.25) is 0 Å². The van der Waals surface area contributed by atoms with Crippen molar-refractivity contribution in [1.82, 2.24) is 0 Å². The van der Waals surface area contributed by atoms with E-state index in [2.05, 4.69) is 15.9 Å². The van der Waals surface area contributed by atoms with Gasteiger partial charge in [-0.15, -0.1) is 0 Å². The predicted molar refractivity (Wildman–Crippen MR) is 69.0 cm³/mol. The maximum Gasteiger partial charge on any atom is 0.419 e. The molecule has 0 aliphatic heterocycles. The Kier molecular flexibility index (Phi) is 6.16. The minimum absolute atomic E-state index is 0.158. The fourth-order valence-electron chi connectivity index (χ4n) is 1.50. The second-order valence-electron chi connectivity index (χ2n) is 3.93. The van der Waals surface area contributed by atoms with E-state index >= 15 is 0 Å². The zero-order chi connectivity index (χ0) is 14.3. The van der Waals surface area contributed by atoms with Gasteiger partial charge in [-0.05, 0) is 30.5 Å². The van der Waals surface area contributed by atoms with E-state index < -0.39 is 11.7 Å². The van der Waals surface area contributed by atoms with Crippen LogP contribution in [-0.4, -0.2) is 6.61 Å². The number of unbranched alkanes of at least 4 members (excludes halogenated alkanes) is 2. The Bertz CT molecular complexity index is 454. The molecule has 0 aromatic heterocycles. The summed E-state index contributed by atoms with van der Waals surface area (Å²) in [5.74, 6) is -0.158. The normalized spacial score (nSPS) is 11.1.